The number of benzene rings is 2. The van der Waals surface area contributed by atoms with E-state index in [9.17, 15) is 9.18 Å². The Morgan fingerprint density at radius 3 is 2.58 bits per heavy atom. The molecular weight excluding hydrogens is 349 g/mol. The number of halogens is 1. The van der Waals surface area contributed by atoms with Crippen LogP contribution in [-0.2, 0) is 4.79 Å². The standard InChI is InChI=1S/C20H20FN3OS/c1-13-6-4-5-7-19(13)26-12-20(25)22-16-8-9-18(17(21)11-16)24-15(3)10-14(2)23-24/h4-11H,12H2,1-3H3,(H,22,25). The zero-order valence-electron chi connectivity index (χ0n) is 14.9. The van der Waals surface area contributed by atoms with Crippen LogP contribution in [0.2, 0.25) is 0 Å². The van der Waals surface area contributed by atoms with Crippen LogP contribution in [0.4, 0.5) is 10.1 Å². The highest BCUT2D eigenvalue weighted by Gasteiger charge is 2.11. The van der Waals surface area contributed by atoms with Gasteiger partial charge in [-0.05, 0) is 56.7 Å². The summed E-state index contributed by atoms with van der Waals surface area (Å²) in [7, 11) is 0. The van der Waals surface area contributed by atoms with Crippen molar-refractivity contribution in [3.05, 3.63) is 71.3 Å². The molecule has 1 heterocycles. The Hall–Kier alpha value is -2.60. The number of amides is 1. The molecule has 3 aromatic rings. The first kappa shape index (κ1) is 18.2. The molecule has 0 saturated heterocycles. The Kier molecular flexibility index (Phi) is 5.42. The molecule has 1 N–H and O–H groups in total. The van der Waals surface area contributed by atoms with Crippen molar-refractivity contribution in [2.75, 3.05) is 11.1 Å². The summed E-state index contributed by atoms with van der Waals surface area (Å²) >= 11 is 1.46. The van der Waals surface area contributed by atoms with Crippen LogP contribution in [0.3, 0.4) is 0 Å². The maximum atomic E-state index is 14.5. The van der Waals surface area contributed by atoms with Crippen LogP contribution in [0.25, 0.3) is 5.69 Å². The molecule has 2 aromatic carbocycles. The smallest absolute Gasteiger partial charge is 0.234 e. The first-order valence-electron chi connectivity index (χ1n) is 8.25. The van der Waals surface area contributed by atoms with E-state index in [-0.39, 0.29) is 11.7 Å². The summed E-state index contributed by atoms with van der Waals surface area (Å²) in [6, 6.07) is 14.4. The average Bonchev–Trinajstić information content (AvgIpc) is 2.92. The van der Waals surface area contributed by atoms with Gasteiger partial charge in [-0.1, -0.05) is 18.2 Å². The first-order valence-corrected chi connectivity index (χ1v) is 9.24. The van der Waals surface area contributed by atoms with Crippen LogP contribution in [0.5, 0.6) is 0 Å². The number of carbonyl (C=O) groups excluding carboxylic acids is 1. The molecule has 1 aromatic heterocycles. The van der Waals surface area contributed by atoms with Crippen LogP contribution >= 0.6 is 11.8 Å². The molecular formula is C20H20FN3OS. The number of nitrogens with one attached hydrogen (secondary N) is 1. The lowest BCUT2D eigenvalue weighted by Crippen LogP contribution is -2.14. The minimum absolute atomic E-state index is 0.170. The van der Waals surface area contributed by atoms with E-state index < -0.39 is 5.82 Å². The van der Waals surface area contributed by atoms with Gasteiger partial charge in [-0.2, -0.15) is 5.10 Å². The molecule has 4 nitrogen and oxygen atoms in total. The summed E-state index contributed by atoms with van der Waals surface area (Å²) in [5, 5.41) is 7.03. The minimum Gasteiger partial charge on any atom is -0.325 e. The van der Waals surface area contributed by atoms with Crippen LogP contribution in [0.15, 0.2) is 53.4 Å². The van der Waals surface area contributed by atoms with Gasteiger partial charge in [0, 0.05) is 16.3 Å². The summed E-state index contributed by atoms with van der Waals surface area (Å²) in [6.07, 6.45) is 0. The number of aryl methyl sites for hydroxylation is 3. The predicted molar refractivity (Wildman–Crippen MR) is 104 cm³/mol. The highest BCUT2D eigenvalue weighted by atomic mass is 32.2. The number of anilines is 1. The highest BCUT2D eigenvalue weighted by Crippen LogP contribution is 2.23. The van der Waals surface area contributed by atoms with Gasteiger partial charge in [-0.15, -0.1) is 11.8 Å². The van der Waals surface area contributed by atoms with Crippen molar-refractivity contribution >= 4 is 23.4 Å². The molecule has 134 valence electrons. The number of hydrogen-bond acceptors (Lipinski definition) is 3. The topological polar surface area (TPSA) is 46.9 Å². The third-order valence-electron chi connectivity index (χ3n) is 3.92. The van der Waals surface area contributed by atoms with Gasteiger partial charge in [0.05, 0.1) is 11.4 Å². The second-order valence-electron chi connectivity index (χ2n) is 6.11. The van der Waals surface area contributed by atoms with E-state index in [0.717, 1.165) is 21.8 Å². The van der Waals surface area contributed by atoms with Crippen LogP contribution in [0.1, 0.15) is 17.0 Å². The molecule has 0 spiro atoms. The van der Waals surface area contributed by atoms with E-state index in [1.807, 2.05) is 51.1 Å². The number of thioether (sulfide) groups is 1. The number of carbonyl (C=O) groups is 1. The van der Waals surface area contributed by atoms with Gasteiger partial charge in [-0.25, -0.2) is 9.07 Å². The number of nitrogens with zero attached hydrogens (tertiary/aromatic N) is 2. The lowest BCUT2D eigenvalue weighted by Gasteiger charge is -2.10. The zero-order chi connectivity index (χ0) is 18.7. The monoisotopic (exact) mass is 369 g/mol. The number of rotatable bonds is 5. The molecule has 0 aliphatic rings. The van der Waals surface area contributed by atoms with Crippen molar-refractivity contribution < 1.29 is 9.18 Å². The normalized spacial score (nSPS) is 10.8. The molecule has 0 aliphatic carbocycles. The van der Waals surface area contributed by atoms with Gasteiger partial charge in [-0.3, -0.25) is 4.79 Å². The van der Waals surface area contributed by atoms with Crippen molar-refractivity contribution in [2.24, 2.45) is 0 Å². The van der Waals surface area contributed by atoms with Gasteiger partial charge in [0.15, 0.2) is 5.82 Å². The lowest BCUT2D eigenvalue weighted by atomic mass is 10.2. The number of hydrogen-bond donors (Lipinski definition) is 1. The van der Waals surface area contributed by atoms with Gasteiger partial charge in [0.25, 0.3) is 0 Å². The van der Waals surface area contributed by atoms with E-state index in [0.29, 0.717) is 11.4 Å². The lowest BCUT2D eigenvalue weighted by molar-refractivity contribution is -0.113. The fourth-order valence-corrected chi connectivity index (χ4v) is 3.52. The second-order valence-corrected chi connectivity index (χ2v) is 7.12. The van der Waals surface area contributed by atoms with Crippen molar-refractivity contribution in [1.82, 2.24) is 9.78 Å². The summed E-state index contributed by atoms with van der Waals surface area (Å²) in [6.45, 7) is 5.74. The minimum atomic E-state index is -0.430. The maximum Gasteiger partial charge on any atom is 0.234 e. The van der Waals surface area contributed by atoms with Crippen molar-refractivity contribution in [1.29, 1.82) is 0 Å². The third-order valence-corrected chi connectivity index (χ3v) is 5.10. The Bertz CT molecular complexity index is 952. The second kappa shape index (κ2) is 7.74. The third kappa shape index (κ3) is 4.14. The summed E-state index contributed by atoms with van der Waals surface area (Å²) in [4.78, 5) is 13.2. The molecule has 6 heteroatoms. The fourth-order valence-electron chi connectivity index (χ4n) is 2.69. The molecule has 3 rings (SSSR count). The first-order chi connectivity index (χ1) is 12.4. The van der Waals surface area contributed by atoms with Gasteiger partial charge >= 0.3 is 0 Å². The van der Waals surface area contributed by atoms with Gasteiger partial charge in [0.2, 0.25) is 5.91 Å². The Morgan fingerprint density at radius 1 is 1.15 bits per heavy atom. The number of aromatic nitrogens is 2. The van der Waals surface area contributed by atoms with Crippen LogP contribution in [-0.4, -0.2) is 21.4 Å². The average molecular weight is 369 g/mol. The van der Waals surface area contributed by atoms with E-state index in [2.05, 4.69) is 10.4 Å². The van der Waals surface area contributed by atoms with E-state index >= 15 is 0 Å². The van der Waals surface area contributed by atoms with Crippen molar-refractivity contribution in [3.63, 3.8) is 0 Å². The molecule has 0 radical (unpaired) electrons. The Morgan fingerprint density at radius 2 is 1.92 bits per heavy atom. The molecule has 0 bridgehead atoms. The molecule has 0 saturated carbocycles. The summed E-state index contributed by atoms with van der Waals surface area (Å²) < 4.78 is 16.0. The van der Waals surface area contributed by atoms with E-state index in [1.165, 1.54) is 17.8 Å². The highest BCUT2D eigenvalue weighted by molar-refractivity contribution is 8.00. The SMILES string of the molecule is Cc1cc(C)n(-c2ccc(NC(=O)CSc3ccccc3C)cc2F)n1. The Balaban J connectivity index is 1.67. The predicted octanol–water partition coefficient (Wildman–Crippen LogP) is 4.67. The van der Waals surface area contributed by atoms with E-state index in [4.69, 9.17) is 0 Å². The summed E-state index contributed by atoms with van der Waals surface area (Å²) in [5.41, 5.74) is 3.61. The molecule has 0 atom stereocenters. The van der Waals surface area contributed by atoms with Gasteiger partial charge < -0.3 is 5.32 Å². The van der Waals surface area contributed by atoms with Crippen LogP contribution in [0, 0.1) is 26.6 Å². The quantitative estimate of drug-likeness (QED) is 0.665. The zero-order valence-corrected chi connectivity index (χ0v) is 15.7. The molecule has 0 fully saturated rings. The molecule has 0 unspecified atom stereocenters. The molecule has 26 heavy (non-hydrogen) atoms. The molecule has 0 aliphatic heterocycles. The van der Waals surface area contributed by atoms with Crippen molar-refractivity contribution in [3.8, 4) is 5.69 Å². The largest absolute Gasteiger partial charge is 0.325 e. The fraction of sp³-hybridized carbons (Fsp3) is 0.200. The summed E-state index contributed by atoms with van der Waals surface area (Å²) in [5.74, 6) is -0.330. The van der Waals surface area contributed by atoms with Crippen LogP contribution < -0.4 is 5.32 Å². The van der Waals surface area contributed by atoms with Gasteiger partial charge in [0.1, 0.15) is 5.69 Å². The van der Waals surface area contributed by atoms with Crippen molar-refractivity contribution in [2.45, 2.75) is 25.7 Å². The Labute approximate surface area is 156 Å². The maximum absolute atomic E-state index is 14.5. The molecule has 1 amide bonds. The van der Waals surface area contributed by atoms with E-state index in [1.54, 1.807) is 16.8 Å².